The molecule has 0 spiro atoms. The van der Waals surface area contributed by atoms with Gasteiger partial charge in [0, 0.05) is 28.2 Å². The van der Waals surface area contributed by atoms with E-state index in [0.29, 0.717) is 28.2 Å². The van der Waals surface area contributed by atoms with Crippen LogP contribution in [0.25, 0.3) is 11.1 Å². The Morgan fingerprint density at radius 1 is 1.00 bits per heavy atom. The van der Waals surface area contributed by atoms with Crippen molar-refractivity contribution < 1.29 is 4.39 Å². The molecule has 1 nitrogen and oxygen atoms in total. The van der Waals surface area contributed by atoms with E-state index in [1.54, 1.807) is 12.1 Å². The van der Waals surface area contributed by atoms with Crippen LogP contribution in [0.1, 0.15) is 18.4 Å². The lowest BCUT2D eigenvalue weighted by Crippen LogP contribution is -2.16. The first kappa shape index (κ1) is 13.9. The molecule has 2 aromatic carbocycles. The van der Waals surface area contributed by atoms with Crippen molar-refractivity contribution in [2.75, 3.05) is 0 Å². The first-order valence-corrected chi connectivity index (χ1v) is 7.36. The molecule has 1 N–H and O–H groups in total. The van der Waals surface area contributed by atoms with Crippen LogP contribution in [0.3, 0.4) is 0 Å². The summed E-state index contributed by atoms with van der Waals surface area (Å²) in [6, 6.07) is 11.0. The average Bonchev–Trinajstić information content (AvgIpc) is 3.20. The molecule has 4 heteroatoms. The van der Waals surface area contributed by atoms with Gasteiger partial charge in [-0.05, 0) is 54.3 Å². The van der Waals surface area contributed by atoms with Gasteiger partial charge in [-0.25, -0.2) is 4.39 Å². The lowest BCUT2D eigenvalue weighted by Gasteiger charge is -2.09. The molecule has 1 aliphatic rings. The van der Waals surface area contributed by atoms with Gasteiger partial charge in [-0.3, -0.25) is 0 Å². The van der Waals surface area contributed by atoms with Crippen LogP contribution in [-0.4, -0.2) is 6.04 Å². The van der Waals surface area contributed by atoms with Crippen molar-refractivity contribution in [3.63, 3.8) is 0 Å². The standard InChI is InChI=1S/C16H14Cl2FN/c17-13-6-11(7-14(18)8-13)10-1-4-16(19)12(5-10)9-20-15-2-3-15/h1,4-8,15,20H,2-3,9H2. The average molecular weight is 310 g/mol. The summed E-state index contributed by atoms with van der Waals surface area (Å²) in [7, 11) is 0. The number of hydrogen-bond donors (Lipinski definition) is 1. The van der Waals surface area contributed by atoms with Gasteiger partial charge in [0.05, 0.1) is 0 Å². The minimum Gasteiger partial charge on any atom is -0.310 e. The molecule has 0 atom stereocenters. The maximum atomic E-state index is 13.8. The largest absolute Gasteiger partial charge is 0.310 e. The van der Waals surface area contributed by atoms with Gasteiger partial charge in [-0.2, -0.15) is 0 Å². The van der Waals surface area contributed by atoms with E-state index in [-0.39, 0.29) is 5.82 Å². The Bertz CT molecular complexity index is 618. The van der Waals surface area contributed by atoms with Crippen molar-refractivity contribution in [3.05, 3.63) is 57.8 Å². The first-order chi connectivity index (χ1) is 9.61. The van der Waals surface area contributed by atoms with Gasteiger partial charge in [-0.15, -0.1) is 0 Å². The molecule has 0 saturated heterocycles. The number of benzene rings is 2. The lowest BCUT2D eigenvalue weighted by atomic mass is 10.0. The van der Waals surface area contributed by atoms with Gasteiger partial charge in [0.2, 0.25) is 0 Å². The first-order valence-electron chi connectivity index (χ1n) is 6.60. The third kappa shape index (κ3) is 3.32. The fraction of sp³-hybridized carbons (Fsp3) is 0.250. The van der Waals surface area contributed by atoms with Crippen LogP contribution < -0.4 is 5.32 Å². The summed E-state index contributed by atoms with van der Waals surface area (Å²) >= 11 is 12.0. The lowest BCUT2D eigenvalue weighted by molar-refractivity contribution is 0.587. The third-order valence-electron chi connectivity index (χ3n) is 3.40. The van der Waals surface area contributed by atoms with E-state index in [9.17, 15) is 4.39 Å². The number of rotatable bonds is 4. The summed E-state index contributed by atoms with van der Waals surface area (Å²) in [5.41, 5.74) is 2.49. The van der Waals surface area contributed by atoms with E-state index in [4.69, 9.17) is 23.2 Å². The van der Waals surface area contributed by atoms with E-state index in [1.165, 1.54) is 18.9 Å². The van der Waals surface area contributed by atoms with Crippen LogP contribution in [0.2, 0.25) is 10.0 Å². The predicted molar refractivity (Wildman–Crippen MR) is 81.7 cm³/mol. The number of hydrogen-bond acceptors (Lipinski definition) is 1. The van der Waals surface area contributed by atoms with Crippen molar-refractivity contribution in [1.29, 1.82) is 0 Å². The summed E-state index contributed by atoms with van der Waals surface area (Å²) in [5, 5.41) is 4.48. The molecular weight excluding hydrogens is 296 g/mol. The van der Waals surface area contributed by atoms with Crippen LogP contribution in [0.4, 0.5) is 4.39 Å². The molecule has 0 aromatic heterocycles. The van der Waals surface area contributed by atoms with Crippen molar-refractivity contribution in [2.45, 2.75) is 25.4 Å². The summed E-state index contributed by atoms with van der Waals surface area (Å²) in [6.45, 7) is 0.554. The highest BCUT2D eigenvalue weighted by Gasteiger charge is 2.20. The van der Waals surface area contributed by atoms with Crippen molar-refractivity contribution in [1.82, 2.24) is 5.32 Å². The van der Waals surface area contributed by atoms with Gasteiger partial charge in [-0.1, -0.05) is 29.3 Å². The molecule has 1 aliphatic carbocycles. The van der Waals surface area contributed by atoms with Crippen LogP contribution in [0.5, 0.6) is 0 Å². The molecule has 0 unspecified atom stereocenters. The second-order valence-corrected chi connectivity index (χ2v) is 5.99. The molecule has 0 radical (unpaired) electrons. The second kappa shape index (κ2) is 5.72. The zero-order valence-electron chi connectivity index (χ0n) is 10.8. The second-order valence-electron chi connectivity index (χ2n) is 5.12. The van der Waals surface area contributed by atoms with Gasteiger partial charge >= 0.3 is 0 Å². The van der Waals surface area contributed by atoms with E-state index in [0.717, 1.165) is 11.1 Å². The number of nitrogens with one attached hydrogen (secondary N) is 1. The van der Waals surface area contributed by atoms with Gasteiger partial charge in [0.15, 0.2) is 0 Å². The van der Waals surface area contributed by atoms with E-state index < -0.39 is 0 Å². The quantitative estimate of drug-likeness (QED) is 0.833. The maximum absolute atomic E-state index is 13.8. The summed E-state index contributed by atoms with van der Waals surface area (Å²) in [4.78, 5) is 0. The van der Waals surface area contributed by atoms with Crippen molar-refractivity contribution >= 4 is 23.2 Å². The minimum absolute atomic E-state index is 0.185. The highest BCUT2D eigenvalue weighted by Crippen LogP contribution is 2.29. The SMILES string of the molecule is Fc1ccc(-c2cc(Cl)cc(Cl)c2)cc1CNC1CC1. The summed E-state index contributed by atoms with van der Waals surface area (Å²) in [6.07, 6.45) is 2.37. The fourth-order valence-corrected chi connectivity index (χ4v) is 2.68. The van der Waals surface area contributed by atoms with Crippen LogP contribution in [-0.2, 0) is 6.54 Å². The Kier molecular flexibility index (Phi) is 3.97. The zero-order valence-corrected chi connectivity index (χ0v) is 12.3. The van der Waals surface area contributed by atoms with Crippen LogP contribution >= 0.6 is 23.2 Å². The molecule has 104 valence electrons. The molecule has 0 heterocycles. The van der Waals surface area contributed by atoms with Gasteiger partial charge in [0.25, 0.3) is 0 Å². The maximum Gasteiger partial charge on any atom is 0.127 e. The molecule has 0 aliphatic heterocycles. The summed E-state index contributed by atoms with van der Waals surface area (Å²) < 4.78 is 13.8. The Hall–Kier alpha value is -1.09. The van der Waals surface area contributed by atoms with E-state index in [2.05, 4.69) is 5.32 Å². The van der Waals surface area contributed by atoms with Crippen LogP contribution in [0.15, 0.2) is 36.4 Å². The molecule has 0 amide bonds. The molecule has 1 fully saturated rings. The Morgan fingerprint density at radius 3 is 2.35 bits per heavy atom. The monoisotopic (exact) mass is 309 g/mol. The zero-order chi connectivity index (χ0) is 14.1. The third-order valence-corrected chi connectivity index (χ3v) is 3.84. The topological polar surface area (TPSA) is 12.0 Å². The molecule has 1 saturated carbocycles. The summed E-state index contributed by atoms with van der Waals surface area (Å²) in [5.74, 6) is -0.185. The van der Waals surface area contributed by atoms with E-state index in [1.807, 2.05) is 18.2 Å². The fourth-order valence-electron chi connectivity index (χ4n) is 2.15. The van der Waals surface area contributed by atoms with Crippen LogP contribution in [0, 0.1) is 5.82 Å². The predicted octanol–water partition coefficient (Wildman–Crippen LogP) is 5.05. The molecule has 2 aromatic rings. The highest BCUT2D eigenvalue weighted by molar-refractivity contribution is 6.35. The Morgan fingerprint density at radius 2 is 1.70 bits per heavy atom. The molecule has 3 rings (SSSR count). The Balaban J connectivity index is 1.90. The van der Waals surface area contributed by atoms with Crippen molar-refractivity contribution in [2.24, 2.45) is 0 Å². The molecular formula is C16H14Cl2FN. The van der Waals surface area contributed by atoms with Crippen molar-refractivity contribution in [3.8, 4) is 11.1 Å². The van der Waals surface area contributed by atoms with Gasteiger partial charge in [0.1, 0.15) is 5.82 Å². The highest BCUT2D eigenvalue weighted by atomic mass is 35.5. The smallest absolute Gasteiger partial charge is 0.127 e. The number of halogens is 3. The minimum atomic E-state index is -0.185. The van der Waals surface area contributed by atoms with Gasteiger partial charge < -0.3 is 5.32 Å². The molecule has 20 heavy (non-hydrogen) atoms. The van der Waals surface area contributed by atoms with E-state index >= 15 is 0 Å². The normalized spacial score (nSPS) is 14.6. The Labute approximate surface area is 127 Å². The molecule has 0 bridgehead atoms.